The van der Waals surface area contributed by atoms with Gasteiger partial charge in [-0.3, -0.25) is 0 Å². The quantitative estimate of drug-likeness (QED) is 0.890. The molecule has 3 rings (SSSR count). The maximum Gasteiger partial charge on any atom is 0.231 e. The molecule has 4 heteroatoms. The fourth-order valence-corrected chi connectivity index (χ4v) is 2.50. The van der Waals surface area contributed by atoms with Crippen molar-refractivity contribution in [2.45, 2.75) is 38.5 Å². The van der Waals surface area contributed by atoms with E-state index in [4.69, 9.17) is 14.2 Å². The number of rotatable bonds is 3. The van der Waals surface area contributed by atoms with Gasteiger partial charge in [0.1, 0.15) is 0 Å². The minimum atomic E-state index is 0.337. The summed E-state index contributed by atoms with van der Waals surface area (Å²) in [5, 5.41) is 3.58. The van der Waals surface area contributed by atoms with Crippen LogP contribution >= 0.6 is 0 Å². The monoisotopic (exact) mass is 249 g/mol. The lowest BCUT2D eigenvalue weighted by molar-refractivity contribution is 0.0130. The van der Waals surface area contributed by atoms with E-state index in [2.05, 4.69) is 24.4 Å². The number of ether oxygens (including phenoxy) is 3. The van der Waals surface area contributed by atoms with Crippen LogP contribution in [0.4, 0.5) is 0 Å². The molecule has 18 heavy (non-hydrogen) atoms. The molecular weight excluding hydrogens is 230 g/mol. The second kappa shape index (κ2) is 5.16. The van der Waals surface area contributed by atoms with E-state index in [0.717, 1.165) is 37.5 Å². The Hall–Kier alpha value is -1.26. The minimum absolute atomic E-state index is 0.337. The van der Waals surface area contributed by atoms with Crippen molar-refractivity contribution in [3.8, 4) is 11.5 Å². The van der Waals surface area contributed by atoms with E-state index in [1.54, 1.807) is 0 Å². The largest absolute Gasteiger partial charge is 0.454 e. The van der Waals surface area contributed by atoms with Gasteiger partial charge < -0.3 is 19.5 Å². The van der Waals surface area contributed by atoms with E-state index in [1.165, 1.54) is 5.56 Å². The molecule has 1 aromatic carbocycles. The molecule has 0 aromatic heterocycles. The average molecular weight is 249 g/mol. The van der Waals surface area contributed by atoms with Gasteiger partial charge in [0.05, 0.1) is 6.10 Å². The van der Waals surface area contributed by atoms with Crippen molar-refractivity contribution in [1.82, 2.24) is 5.32 Å². The summed E-state index contributed by atoms with van der Waals surface area (Å²) in [7, 11) is 0. The van der Waals surface area contributed by atoms with Crippen molar-refractivity contribution in [2.24, 2.45) is 0 Å². The van der Waals surface area contributed by atoms with Crippen molar-refractivity contribution >= 4 is 0 Å². The van der Waals surface area contributed by atoms with Crippen LogP contribution in [0.3, 0.4) is 0 Å². The van der Waals surface area contributed by atoms with Crippen molar-refractivity contribution in [1.29, 1.82) is 0 Å². The molecular formula is C14H19NO3. The Labute approximate surface area is 107 Å². The van der Waals surface area contributed by atoms with Crippen molar-refractivity contribution < 1.29 is 14.2 Å². The molecule has 1 fully saturated rings. The molecule has 1 N–H and O–H groups in total. The fourth-order valence-electron chi connectivity index (χ4n) is 2.50. The van der Waals surface area contributed by atoms with Gasteiger partial charge in [0, 0.05) is 19.2 Å². The van der Waals surface area contributed by atoms with Crippen LogP contribution in [-0.4, -0.2) is 25.5 Å². The molecule has 2 heterocycles. The molecule has 2 atom stereocenters. The molecule has 0 spiro atoms. The molecule has 2 aliphatic heterocycles. The zero-order valence-electron chi connectivity index (χ0n) is 10.6. The molecule has 2 aliphatic rings. The Kier molecular flexibility index (Phi) is 3.39. The zero-order chi connectivity index (χ0) is 12.4. The minimum Gasteiger partial charge on any atom is -0.454 e. The van der Waals surface area contributed by atoms with Gasteiger partial charge in [0.2, 0.25) is 6.79 Å². The first-order chi connectivity index (χ1) is 8.81. The summed E-state index contributed by atoms with van der Waals surface area (Å²) in [5.74, 6) is 1.70. The summed E-state index contributed by atoms with van der Waals surface area (Å²) < 4.78 is 16.2. The number of fused-ring (bicyclic) bond motifs is 1. The van der Waals surface area contributed by atoms with Crippen molar-refractivity contribution in [3.05, 3.63) is 23.8 Å². The highest BCUT2D eigenvalue weighted by Gasteiger charge is 2.19. The Morgan fingerprint density at radius 2 is 2.17 bits per heavy atom. The third kappa shape index (κ3) is 2.60. The summed E-state index contributed by atoms with van der Waals surface area (Å²) >= 11 is 0. The summed E-state index contributed by atoms with van der Waals surface area (Å²) in [6.45, 7) is 4.20. The first-order valence-corrected chi connectivity index (χ1v) is 6.55. The third-order valence-electron chi connectivity index (χ3n) is 3.52. The topological polar surface area (TPSA) is 39.7 Å². The first-order valence-electron chi connectivity index (χ1n) is 6.55. The first kappa shape index (κ1) is 11.8. The lowest BCUT2D eigenvalue weighted by Gasteiger charge is -2.28. The van der Waals surface area contributed by atoms with Gasteiger partial charge in [-0.15, -0.1) is 0 Å². The van der Waals surface area contributed by atoms with Crippen LogP contribution in [0.25, 0.3) is 0 Å². The maximum atomic E-state index is 5.54. The summed E-state index contributed by atoms with van der Waals surface area (Å²) in [5.41, 5.74) is 1.23. The lowest BCUT2D eigenvalue weighted by atomic mass is 10.0. The Morgan fingerprint density at radius 1 is 1.28 bits per heavy atom. The lowest BCUT2D eigenvalue weighted by Crippen LogP contribution is -2.37. The molecule has 0 saturated carbocycles. The predicted molar refractivity (Wildman–Crippen MR) is 67.8 cm³/mol. The van der Waals surface area contributed by atoms with E-state index in [9.17, 15) is 0 Å². The number of hydrogen-bond acceptors (Lipinski definition) is 4. The maximum absolute atomic E-state index is 5.54. The molecule has 1 saturated heterocycles. The number of hydrogen-bond donors (Lipinski definition) is 1. The van der Waals surface area contributed by atoms with Crippen molar-refractivity contribution in [2.75, 3.05) is 13.4 Å². The fraction of sp³-hybridized carbons (Fsp3) is 0.571. The molecule has 0 radical (unpaired) electrons. The zero-order valence-corrected chi connectivity index (χ0v) is 10.6. The van der Waals surface area contributed by atoms with Crippen molar-refractivity contribution in [3.63, 3.8) is 0 Å². The molecule has 98 valence electrons. The van der Waals surface area contributed by atoms with Gasteiger partial charge in [0.25, 0.3) is 0 Å². The summed E-state index contributed by atoms with van der Waals surface area (Å²) in [6, 6.07) is 6.67. The van der Waals surface area contributed by atoms with E-state index in [-0.39, 0.29) is 0 Å². The van der Waals surface area contributed by atoms with Crippen LogP contribution in [0.2, 0.25) is 0 Å². The highest BCUT2D eigenvalue weighted by molar-refractivity contribution is 5.44. The van der Waals surface area contributed by atoms with Gasteiger partial charge in [-0.2, -0.15) is 0 Å². The Bertz CT molecular complexity index is 422. The standard InChI is InChI=1S/C14H19NO3/c1-10-6-12(4-5-16-10)15-8-11-2-3-13-14(7-11)18-9-17-13/h2-3,7,10,12,15H,4-6,8-9H2,1H3. The van der Waals surface area contributed by atoms with Gasteiger partial charge in [-0.05, 0) is 37.5 Å². The van der Waals surface area contributed by atoms with Crippen LogP contribution in [0, 0.1) is 0 Å². The normalized spacial score (nSPS) is 26.3. The van der Waals surface area contributed by atoms with Gasteiger partial charge in [-0.1, -0.05) is 6.07 Å². The molecule has 0 bridgehead atoms. The SMILES string of the molecule is CC1CC(NCc2ccc3c(c2)OCO3)CCO1. The Balaban J connectivity index is 1.56. The van der Waals surface area contributed by atoms with Gasteiger partial charge in [0.15, 0.2) is 11.5 Å². The predicted octanol–water partition coefficient (Wildman–Crippen LogP) is 2.07. The Morgan fingerprint density at radius 3 is 3.06 bits per heavy atom. The van der Waals surface area contributed by atoms with E-state index in [0.29, 0.717) is 18.9 Å². The molecule has 0 amide bonds. The van der Waals surface area contributed by atoms with Crippen LogP contribution in [0.15, 0.2) is 18.2 Å². The second-order valence-electron chi connectivity index (χ2n) is 4.97. The van der Waals surface area contributed by atoms with Gasteiger partial charge in [-0.25, -0.2) is 0 Å². The summed E-state index contributed by atoms with van der Waals surface area (Å²) in [6.07, 6.45) is 2.55. The highest BCUT2D eigenvalue weighted by Crippen LogP contribution is 2.32. The number of benzene rings is 1. The van der Waals surface area contributed by atoms with Gasteiger partial charge >= 0.3 is 0 Å². The van der Waals surface area contributed by atoms with E-state index < -0.39 is 0 Å². The molecule has 2 unspecified atom stereocenters. The van der Waals surface area contributed by atoms with E-state index >= 15 is 0 Å². The molecule has 0 aliphatic carbocycles. The summed E-state index contributed by atoms with van der Waals surface area (Å²) in [4.78, 5) is 0. The second-order valence-corrected chi connectivity index (χ2v) is 4.97. The van der Waals surface area contributed by atoms with Crippen LogP contribution in [0.1, 0.15) is 25.3 Å². The highest BCUT2D eigenvalue weighted by atomic mass is 16.7. The number of nitrogens with one attached hydrogen (secondary N) is 1. The molecule has 1 aromatic rings. The smallest absolute Gasteiger partial charge is 0.231 e. The van der Waals surface area contributed by atoms with Crippen LogP contribution in [0.5, 0.6) is 11.5 Å². The average Bonchev–Trinajstić information content (AvgIpc) is 2.84. The third-order valence-corrected chi connectivity index (χ3v) is 3.52. The molecule has 4 nitrogen and oxygen atoms in total. The van der Waals surface area contributed by atoms with E-state index in [1.807, 2.05) is 6.07 Å². The van der Waals surface area contributed by atoms with Crippen LogP contribution in [-0.2, 0) is 11.3 Å². The van der Waals surface area contributed by atoms with Crippen LogP contribution < -0.4 is 14.8 Å².